The summed E-state index contributed by atoms with van der Waals surface area (Å²) in [4.78, 5) is 24.4. The SMILES string of the molecule is O=C(NCc1nnc2ccccn12)C1CC(=O)N(CC(F)(F)F)C1. The summed E-state index contributed by atoms with van der Waals surface area (Å²) in [5, 5.41) is 10.5. The molecule has 2 aromatic rings. The maximum atomic E-state index is 12.4. The third-order valence-corrected chi connectivity index (χ3v) is 3.76. The van der Waals surface area contributed by atoms with Crippen LogP contribution in [0.3, 0.4) is 0 Å². The van der Waals surface area contributed by atoms with Crippen molar-refractivity contribution in [2.24, 2.45) is 5.92 Å². The average Bonchev–Trinajstić information content (AvgIpc) is 3.08. The lowest BCUT2D eigenvalue weighted by molar-refractivity contribution is -0.157. The van der Waals surface area contributed by atoms with E-state index >= 15 is 0 Å². The fourth-order valence-corrected chi connectivity index (χ4v) is 2.64. The van der Waals surface area contributed by atoms with E-state index in [4.69, 9.17) is 0 Å². The lowest BCUT2D eigenvalue weighted by Gasteiger charge is -2.18. The Morgan fingerprint density at radius 1 is 1.33 bits per heavy atom. The molecule has 7 nitrogen and oxygen atoms in total. The highest BCUT2D eigenvalue weighted by atomic mass is 19.4. The van der Waals surface area contributed by atoms with Crippen LogP contribution in [0.25, 0.3) is 5.65 Å². The number of alkyl halides is 3. The Labute approximate surface area is 134 Å². The zero-order chi connectivity index (χ0) is 17.3. The van der Waals surface area contributed by atoms with Crippen molar-refractivity contribution in [3.05, 3.63) is 30.2 Å². The zero-order valence-electron chi connectivity index (χ0n) is 12.5. The fraction of sp³-hybridized carbons (Fsp3) is 0.429. The second kappa shape index (κ2) is 6.10. The van der Waals surface area contributed by atoms with Gasteiger partial charge in [0.25, 0.3) is 0 Å². The Balaban J connectivity index is 1.59. The van der Waals surface area contributed by atoms with Gasteiger partial charge in [-0.25, -0.2) is 0 Å². The van der Waals surface area contributed by atoms with Crippen LogP contribution in [0.5, 0.6) is 0 Å². The van der Waals surface area contributed by atoms with E-state index in [1.807, 2.05) is 0 Å². The van der Waals surface area contributed by atoms with Crippen LogP contribution < -0.4 is 5.32 Å². The molecule has 0 bridgehead atoms. The number of hydrogen-bond acceptors (Lipinski definition) is 4. The number of rotatable bonds is 4. The van der Waals surface area contributed by atoms with Crippen molar-refractivity contribution in [2.45, 2.75) is 19.1 Å². The number of halogens is 3. The van der Waals surface area contributed by atoms with E-state index in [9.17, 15) is 22.8 Å². The van der Waals surface area contributed by atoms with E-state index in [1.54, 1.807) is 28.8 Å². The third-order valence-electron chi connectivity index (χ3n) is 3.76. The van der Waals surface area contributed by atoms with E-state index < -0.39 is 30.5 Å². The van der Waals surface area contributed by atoms with Crippen LogP contribution in [0.15, 0.2) is 24.4 Å². The molecule has 1 unspecified atom stereocenters. The first-order chi connectivity index (χ1) is 11.3. The number of carbonyl (C=O) groups excluding carboxylic acids is 2. The summed E-state index contributed by atoms with van der Waals surface area (Å²) in [6.07, 6.45) is -2.95. The maximum Gasteiger partial charge on any atom is 0.406 e. The third kappa shape index (κ3) is 3.47. The molecule has 1 N–H and O–H groups in total. The van der Waals surface area contributed by atoms with Crippen molar-refractivity contribution in [3.8, 4) is 0 Å². The molecule has 0 saturated carbocycles. The van der Waals surface area contributed by atoms with Crippen LogP contribution >= 0.6 is 0 Å². The topological polar surface area (TPSA) is 79.6 Å². The summed E-state index contributed by atoms with van der Waals surface area (Å²) >= 11 is 0. The smallest absolute Gasteiger partial charge is 0.348 e. The Morgan fingerprint density at radius 3 is 2.88 bits per heavy atom. The molecule has 1 aliphatic heterocycles. The number of amides is 2. The molecule has 1 aliphatic rings. The van der Waals surface area contributed by atoms with Gasteiger partial charge in [-0.15, -0.1) is 10.2 Å². The Morgan fingerprint density at radius 2 is 2.12 bits per heavy atom. The van der Waals surface area contributed by atoms with Crippen LogP contribution in [0, 0.1) is 5.92 Å². The number of carbonyl (C=O) groups is 2. The fourth-order valence-electron chi connectivity index (χ4n) is 2.64. The summed E-state index contributed by atoms with van der Waals surface area (Å²) in [5.41, 5.74) is 0.620. The Bertz CT molecular complexity index is 773. The van der Waals surface area contributed by atoms with Gasteiger partial charge in [0.2, 0.25) is 11.8 Å². The minimum absolute atomic E-state index is 0.0774. The number of hydrogen-bond donors (Lipinski definition) is 1. The quantitative estimate of drug-likeness (QED) is 0.890. The molecule has 1 saturated heterocycles. The first-order valence-electron chi connectivity index (χ1n) is 7.24. The van der Waals surface area contributed by atoms with Crippen molar-refractivity contribution >= 4 is 17.5 Å². The van der Waals surface area contributed by atoms with Crippen LogP contribution in [-0.4, -0.2) is 50.6 Å². The second-order valence-corrected chi connectivity index (χ2v) is 5.55. The van der Waals surface area contributed by atoms with E-state index in [0.29, 0.717) is 16.4 Å². The zero-order valence-corrected chi connectivity index (χ0v) is 12.5. The largest absolute Gasteiger partial charge is 0.406 e. The highest BCUT2D eigenvalue weighted by Crippen LogP contribution is 2.24. The Hall–Kier alpha value is -2.65. The minimum atomic E-state index is -4.47. The van der Waals surface area contributed by atoms with E-state index in [1.165, 1.54) is 0 Å². The highest BCUT2D eigenvalue weighted by Gasteiger charge is 2.40. The van der Waals surface area contributed by atoms with Crippen molar-refractivity contribution in [3.63, 3.8) is 0 Å². The molecule has 3 rings (SSSR count). The molecule has 0 spiro atoms. The van der Waals surface area contributed by atoms with Gasteiger partial charge in [-0.05, 0) is 12.1 Å². The van der Waals surface area contributed by atoms with Gasteiger partial charge in [-0.3, -0.25) is 14.0 Å². The summed E-state index contributed by atoms with van der Waals surface area (Å²) in [6, 6.07) is 5.33. The standard InChI is InChI=1S/C14H14F3N5O2/c15-14(16,17)8-21-7-9(5-12(21)23)13(24)18-6-11-20-19-10-3-1-2-4-22(10)11/h1-4,9H,5-8H2,(H,18,24). The molecule has 3 heterocycles. The van der Waals surface area contributed by atoms with Gasteiger partial charge in [-0.2, -0.15) is 13.2 Å². The van der Waals surface area contributed by atoms with E-state index in [-0.39, 0.29) is 19.5 Å². The number of fused-ring (bicyclic) bond motifs is 1. The normalized spacial score (nSPS) is 18.4. The molecule has 1 fully saturated rings. The number of nitrogens with one attached hydrogen (secondary N) is 1. The van der Waals surface area contributed by atoms with Crippen LogP contribution in [0.2, 0.25) is 0 Å². The molecule has 24 heavy (non-hydrogen) atoms. The highest BCUT2D eigenvalue weighted by molar-refractivity contribution is 5.89. The summed E-state index contributed by atoms with van der Waals surface area (Å²) in [5.74, 6) is -1.43. The molecule has 10 heteroatoms. The van der Waals surface area contributed by atoms with Gasteiger partial charge in [0.1, 0.15) is 6.54 Å². The van der Waals surface area contributed by atoms with Crippen molar-refractivity contribution in [1.82, 2.24) is 24.8 Å². The molecule has 2 aromatic heterocycles. The molecule has 0 aliphatic carbocycles. The molecule has 0 aromatic carbocycles. The minimum Gasteiger partial charge on any atom is -0.348 e. The predicted molar refractivity (Wildman–Crippen MR) is 75.6 cm³/mol. The second-order valence-electron chi connectivity index (χ2n) is 5.55. The summed E-state index contributed by atoms with van der Waals surface area (Å²) in [7, 11) is 0. The number of aromatic nitrogens is 3. The number of likely N-dealkylation sites (tertiary alicyclic amines) is 1. The lowest BCUT2D eigenvalue weighted by Crippen LogP contribution is -2.37. The average molecular weight is 341 g/mol. The summed E-state index contributed by atoms with van der Waals surface area (Å²) < 4.78 is 38.8. The molecule has 0 radical (unpaired) electrons. The van der Waals surface area contributed by atoms with Gasteiger partial charge >= 0.3 is 6.18 Å². The van der Waals surface area contributed by atoms with Gasteiger partial charge < -0.3 is 10.2 Å². The number of pyridine rings is 1. The lowest BCUT2D eigenvalue weighted by atomic mass is 10.1. The van der Waals surface area contributed by atoms with Crippen molar-refractivity contribution in [2.75, 3.05) is 13.1 Å². The monoisotopic (exact) mass is 341 g/mol. The van der Waals surface area contributed by atoms with Gasteiger partial charge in [-0.1, -0.05) is 6.07 Å². The molecule has 128 valence electrons. The maximum absolute atomic E-state index is 12.4. The van der Waals surface area contributed by atoms with Crippen molar-refractivity contribution < 1.29 is 22.8 Å². The first-order valence-corrected chi connectivity index (χ1v) is 7.24. The van der Waals surface area contributed by atoms with Crippen LogP contribution in [0.4, 0.5) is 13.2 Å². The molecule has 1 atom stereocenters. The number of nitrogens with zero attached hydrogens (tertiary/aromatic N) is 4. The van der Waals surface area contributed by atoms with Gasteiger partial charge in [0.05, 0.1) is 12.5 Å². The molecule has 2 amide bonds. The Kier molecular flexibility index (Phi) is 4.12. The molecular formula is C14H14F3N5O2. The van der Waals surface area contributed by atoms with Crippen LogP contribution in [0.1, 0.15) is 12.2 Å². The van der Waals surface area contributed by atoms with Gasteiger partial charge in [0.15, 0.2) is 11.5 Å². The van der Waals surface area contributed by atoms with E-state index in [0.717, 1.165) is 0 Å². The predicted octanol–water partition coefficient (Wildman–Crippen LogP) is 0.756. The van der Waals surface area contributed by atoms with Gasteiger partial charge in [0, 0.05) is 19.2 Å². The van der Waals surface area contributed by atoms with Crippen molar-refractivity contribution in [1.29, 1.82) is 0 Å². The molecular weight excluding hydrogens is 327 g/mol. The first kappa shape index (κ1) is 16.2. The summed E-state index contributed by atoms with van der Waals surface area (Å²) in [6.45, 7) is -1.48. The van der Waals surface area contributed by atoms with E-state index in [2.05, 4.69) is 15.5 Å². The van der Waals surface area contributed by atoms with Crippen LogP contribution in [-0.2, 0) is 16.1 Å².